The van der Waals surface area contributed by atoms with Crippen LogP contribution in [0.25, 0.3) is 0 Å². The first-order valence-corrected chi connectivity index (χ1v) is 6.58. The highest BCUT2D eigenvalue weighted by Crippen LogP contribution is 2.27. The van der Waals surface area contributed by atoms with E-state index in [0.29, 0.717) is 28.2 Å². The van der Waals surface area contributed by atoms with E-state index in [0.717, 1.165) is 12.2 Å². The number of hydrogen-bond donors (Lipinski definition) is 1. The molecule has 2 rings (SSSR count). The van der Waals surface area contributed by atoms with Crippen molar-refractivity contribution in [3.05, 3.63) is 46.3 Å². The number of halogens is 2. The molecule has 0 aliphatic heterocycles. The van der Waals surface area contributed by atoms with Gasteiger partial charge in [-0.1, -0.05) is 30.1 Å². The van der Waals surface area contributed by atoms with Crippen LogP contribution in [0.5, 0.6) is 11.6 Å². The fraction of sp³-hybridized carbons (Fsp3) is 0.231. The third kappa shape index (κ3) is 4.35. The van der Waals surface area contributed by atoms with Gasteiger partial charge in [-0.2, -0.15) is 0 Å². The lowest BCUT2D eigenvalue weighted by Crippen LogP contribution is -2.13. The Labute approximate surface area is 121 Å². The molecule has 2 aromatic rings. The van der Waals surface area contributed by atoms with Gasteiger partial charge >= 0.3 is 0 Å². The van der Waals surface area contributed by atoms with Crippen LogP contribution in [0.2, 0.25) is 10.0 Å². The van der Waals surface area contributed by atoms with E-state index in [1.165, 1.54) is 0 Å². The molecule has 4 nitrogen and oxygen atoms in total. The van der Waals surface area contributed by atoms with Crippen molar-refractivity contribution in [3.63, 3.8) is 0 Å². The van der Waals surface area contributed by atoms with Gasteiger partial charge in [-0.3, -0.25) is 4.98 Å². The van der Waals surface area contributed by atoms with Crippen molar-refractivity contribution < 1.29 is 4.74 Å². The maximum atomic E-state index is 5.89. The minimum absolute atomic E-state index is 0.401. The highest BCUT2D eigenvalue weighted by Gasteiger charge is 2.03. The molecule has 0 aliphatic rings. The Morgan fingerprint density at radius 2 is 1.84 bits per heavy atom. The van der Waals surface area contributed by atoms with Crippen LogP contribution < -0.4 is 10.1 Å². The Kier molecular flexibility index (Phi) is 4.96. The highest BCUT2D eigenvalue weighted by atomic mass is 35.5. The van der Waals surface area contributed by atoms with E-state index in [1.807, 2.05) is 6.92 Å². The van der Waals surface area contributed by atoms with Gasteiger partial charge in [0, 0.05) is 16.6 Å². The van der Waals surface area contributed by atoms with Crippen LogP contribution in [-0.4, -0.2) is 16.5 Å². The van der Waals surface area contributed by atoms with Gasteiger partial charge in [0.25, 0.3) is 0 Å². The normalized spacial score (nSPS) is 10.5. The van der Waals surface area contributed by atoms with E-state index in [1.54, 1.807) is 30.6 Å². The molecule has 0 unspecified atom stereocenters. The van der Waals surface area contributed by atoms with Gasteiger partial charge in [0.05, 0.1) is 18.1 Å². The lowest BCUT2D eigenvalue weighted by molar-refractivity contribution is 0.459. The Balaban J connectivity index is 2.06. The molecule has 6 heteroatoms. The summed E-state index contributed by atoms with van der Waals surface area (Å²) in [5, 5.41) is 4.20. The van der Waals surface area contributed by atoms with Crippen molar-refractivity contribution in [3.8, 4) is 11.6 Å². The van der Waals surface area contributed by atoms with Crippen molar-refractivity contribution in [2.45, 2.75) is 13.5 Å². The number of aromatic nitrogens is 2. The van der Waals surface area contributed by atoms with Crippen LogP contribution in [0.3, 0.4) is 0 Å². The van der Waals surface area contributed by atoms with Crippen LogP contribution in [-0.2, 0) is 6.54 Å². The molecule has 0 atom stereocenters. The van der Waals surface area contributed by atoms with Gasteiger partial charge in [-0.05, 0) is 24.7 Å². The Hall–Kier alpha value is -1.36. The third-order valence-corrected chi connectivity index (χ3v) is 2.73. The highest BCUT2D eigenvalue weighted by molar-refractivity contribution is 6.34. The molecular formula is C13H13Cl2N3O. The molecule has 0 aliphatic carbocycles. The number of benzene rings is 1. The molecule has 0 saturated heterocycles. The van der Waals surface area contributed by atoms with E-state index in [9.17, 15) is 0 Å². The second kappa shape index (κ2) is 6.70. The van der Waals surface area contributed by atoms with Crippen molar-refractivity contribution in [2.75, 3.05) is 6.54 Å². The predicted octanol–water partition coefficient (Wildman–Crippen LogP) is 3.69. The fourth-order valence-electron chi connectivity index (χ4n) is 1.45. The van der Waals surface area contributed by atoms with Crippen LogP contribution in [0.1, 0.15) is 12.6 Å². The standard InChI is InChI=1S/C13H13Cl2N3O/c1-2-16-6-11-7-18-13(8-17-11)19-12-4-9(14)3-10(15)5-12/h3-5,7-8,16H,2,6H2,1H3. The fourth-order valence-corrected chi connectivity index (χ4v) is 1.95. The van der Waals surface area contributed by atoms with E-state index >= 15 is 0 Å². The molecule has 1 aromatic heterocycles. The number of rotatable bonds is 5. The van der Waals surface area contributed by atoms with Crippen molar-refractivity contribution >= 4 is 23.2 Å². The average Bonchev–Trinajstić information content (AvgIpc) is 2.37. The average molecular weight is 298 g/mol. The molecule has 0 amide bonds. The molecule has 0 bridgehead atoms. The molecule has 0 radical (unpaired) electrons. The van der Waals surface area contributed by atoms with Crippen molar-refractivity contribution in [1.82, 2.24) is 15.3 Å². The van der Waals surface area contributed by atoms with Crippen LogP contribution in [0.15, 0.2) is 30.6 Å². The zero-order valence-corrected chi connectivity index (χ0v) is 11.9. The molecule has 1 heterocycles. The summed E-state index contributed by atoms with van der Waals surface area (Å²) >= 11 is 11.8. The van der Waals surface area contributed by atoms with E-state index in [2.05, 4.69) is 15.3 Å². The summed E-state index contributed by atoms with van der Waals surface area (Å²) in [7, 11) is 0. The molecule has 100 valence electrons. The van der Waals surface area contributed by atoms with Crippen LogP contribution in [0.4, 0.5) is 0 Å². The summed E-state index contributed by atoms with van der Waals surface area (Å²) in [6.07, 6.45) is 3.24. The number of nitrogens with zero attached hydrogens (tertiary/aromatic N) is 2. The van der Waals surface area contributed by atoms with Gasteiger partial charge in [-0.25, -0.2) is 4.98 Å². The Bertz CT molecular complexity index is 526. The molecule has 19 heavy (non-hydrogen) atoms. The molecule has 1 aromatic carbocycles. The van der Waals surface area contributed by atoms with Gasteiger partial charge < -0.3 is 10.1 Å². The number of ether oxygens (including phenoxy) is 1. The van der Waals surface area contributed by atoms with Gasteiger partial charge in [0.2, 0.25) is 5.88 Å². The molecule has 0 spiro atoms. The summed E-state index contributed by atoms with van der Waals surface area (Å²) in [5.74, 6) is 0.935. The number of nitrogens with one attached hydrogen (secondary N) is 1. The van der Waals surface area contributed by atoms with Gasteiger partial charge in [-0.15, -0.1) is 0 Å². The number of hydrogen-bond acceptors (Lipinski definition) is 4. The maximum Gasteiger partial charge on any atom is 0.237 e. The van der Waals surface area contributed by atoms with Crippen molar-refractivity contribution in [2.24, 2.45) is 0 Å². The SMILES string of the molecule is CCNCc1cnc(Oc2cc(Cl)cc(Cl)c2)cn1. The largest absolute Gasteiger partial charge is 0.437 e. The maximum absolute atomic E-state index is 5.89. The molecule has 0 fully saturated rings. The summed E-state index contributed by atoms with van der Waals surface area (Å²) in [6, 6.07) is 4.98. The zero-order valence-electron chi connectivity index (χ0n) is 10.4. The summed E-state index contributed by atoms with van der Waals surface area (Å²) < 4.78 is 5.54. The van der Waals surface area contributed by atoms with Crippen molar-refractivity contribution in [1.29, 1.82) is 0 Å². The second-order valence-electron chi connectivity index (χ2n) is 3.83. The molecular weight excluding hydrogens is 285 g/mol. The van der Waals surface area contributed by atoms with Crippen LogP contribution in [0, 0.1) is 0 Å². The van der Waals surface area contributed by atoms with Gasteiger partial charge in [0.15, 0.2) is 0 Å². The Morgan fingerprint density at radius 1 is 1.11 bits per heavy atom. The zero-order chi connectivity index (χ0) is 13.7. The topological polar surface area (TPSA) is 47.0 Å². The van der Waals surface area contributed by atoms with Crippen LogP contribution >= 0.6 is 23.2 Å². The second-order valence-corrected chi connectivity index (χ2v) is 4.71. The first kappa shape index (κ1) is 14.1. The summed E-state index contributed by atoms with van der Waals surface area (Å²) in [5.41, 5.74) is 0.860. The van der Waals surface area contributed by atoms with Gasteiger partial charge in [0.1, 0.15) is 5.75 Å². The Morgan fingerprint density at radius 3 is 2.42 bits per heavy atom. The molecule has 1 N–H and O–H groups in total. The smallest absolute Gasteiger partial charge is 0.237 e. The molecule has 0 saturated carbocycles. The van der Waals surface area contributed by atoms with E-state index in [4.69, 9.17) is 27.9 Å². The predicted molar refractivity (Wildman–Crippen MR) is 75.9 cm³/mol. The quantitative estimate of drug-likeness (QED) is 0.914. The summed E-state index contributed by atoms with van der Waals surface area (Å²) in [4.78, 5) is 8.42. The monoisotopic (exact) mass is 297 g/mol. The first-order chi connectivity index (χ1) is 9.17. The lowest BCUT2D eigenvalue weighted by atomic mass is 10.3. The minimum Gasteiger partial charge on any atom is -0.437 e. The van der Waals surface area contributed by atoms with E-state index in [-0.39, 0.29) is 0 Å². The minimum atomic E-state index is 0.401. The lowest BCUT2D eigenvalue weighted by Gasteiger charge is -2.06. The summed E-state index contributed by atoms with van der Waals surface area (Å²) in [6.45, 7) is 3.61. The first-order valence-electron chi connectivity index (χ1n) is 5.83. The van der Waals surface area contributed by atoms with E-state index < -0.39 is 0 Å². The third-order valence-electron chi connectivity index (χ3n) is 2.30.